The zero-order chi connectivity index (χ0) is 13.0. The molecule has 1 atom stereocenters. The van der Waals surface area contributed by atoms with E-state index in [1.54, 1.807) is 4.90 Å². The highest BCUT2D eigenvalue weighted by molar-refractivity contribution is 6.27. The van der Waals surface area contributed by atoms with E-state index in [9.17, 15) is 4.79 Å². The van der Waals surface area contributed by atoms with E-state index in [0.29, 0.717) is 19.7 Å². The summed E-state index contributed by atoms with van der Waals surface area (Å²) in [6.45, 7) is 3.48. The maximum atomic E-state index is 11.6. The van der Waals surface area contributed by atoms with Gasteiger partial charge in [-0.2, -0.15) is 0 Å². The molecule has 0 radical (unpaired) electrons. The number of likely N-dealkylation sites (N-methyl/N-ethyl adjacent to an activating group) is 1. The molecule has 0 aromatic heterocycles. The van der Waals surface area contributed by atoms with E-state index in [4.69, 9.17) is 21.1 Å². The predicted molar refractivity (Wildman–Crippen MR) is 69.3 cm³/mol. The summed E-state index contributed by atoms with van der Waals surface area (Å²) in [5.74, 6) is 1.39. The fraction of sp³-hybridized carbons (Fsp3) is 0.462. The third-order valence-electron chi connectivity index (χ3n) is 2.84. The lowest BCUT2D eigenvalue weighted by atomic mass is 10.2. The minimum Gasteiger partial charge on any atom is -0.486 e. The number of nitrogens with zero attached hydrogens (tertiary/aromatic N) is 1. The number of carbonyl (C=O) groups is 1. The van der Waals surface area contributed by atoms with Crippen molar-refractivity contribution in [1.82, 2.24) is 4.90 Å². The summed E-state index contributed by atoms with van der Waals surface area (Å²) in [4.78, 5) is 13.2. The quantitative estimate of drug-likeness (QED) is 0.784. The van der Waals surface area contributed by atoms with Crippen molar-refractivity contribution in [3.63, 3.8) is 0 Å². The summed E-state index contributed by atoms with van der Waals surface area (Å²) in [6.07, 6.45) is -0.146. The molecule has 1 aromatic rings. The molecule has 18 heavy (non-hydrogen) atoms. The lowest BCUT2D eigenvalue weighted by Gasteiger charge is -2.30. The van der Waals surface area contributed by atoms with Gasteiger partial charge in [-0.25, -0.2) is 0 Å². The lowest BCUT2D eigenvalue weighted by Crippen LogP contribution is -2.44. The van der Waals surface area contributed by atoms with Crippen LogP contribution in [0.5, 0.6) is 11.5 Å². The summed E-state index contributed by atoms with van der Waals surface area (Å²) in [5.41, 5.74) is 0. The number of fused-ring (bicyclic) bond motifs is 1. The molecule has 4 nitrogen and oxygen atoms in total. The number of hydrogen-bond donors (Lipinski definition) is 0. The Morgan fingerprint density at radius 2 is 2.17 bits per heavy atom. The number of amides is 1. The Balaban J connectivity index is 1.98. The van der Waals surface area contributed by atoms with Crippen LogP contribution in [0.1, 0.15) is 6.92 Å². The molecular formula is C13H16ClNO3. The molecule has 1 aliphatic heterocycles. The standard InChI is InChI=1S/C13H16ClNO3/c1-2-15(13(16)7-14)8-10-9-17-11-5-3-4-6-12(11)18-10/h3-6,10H,2,7-9H2,1H3/t10-/m1/s1. The Labute approximate surface area is 111 Å². The number of carbonyl (C=O) groups excluding carboxylic acids is 1. The first kappa shape index (κ1) is 13.0. The zero-order valence-electron chi connectivity index (χ0n) is 10.3. The van der Waals surface area contributed by atoms with Gasteiger partial charge in [-0.05, 0) is 19.1 Å². The van der Waals surface area contributed by atoms with Crippen molar-refractivity contribution in [2.45, 2.75) is 13.0 Å². The van der Waals surface area contributed by atoms with E-state index >= 15 is 0 Å². The second-order valence-electron chi connectivity index (χ2n) is 4.06. The van der Waals surface area contributed by atoms with E-state index in [1.807, 2.05) is 31.2 Å². The number of hydrogen-bond acceptors (Lipinski definition) is 3. The number of halogens is 1. The van der Waals surface area contributed by atoms with Crippen LogP contribution in [-0.4, -0.2) is 42.5 Å². The summed E-state index contributed by atoms with van der Waals surface area (Å²) < 4.78 is 11.4. The van der Waals surface area contributed by atoms with Gasteiger partial charge in [0.2, 0.25) is 5.91 Å². The van der Waals surface area contributed by atoms with Crippen LogP contribution in [0.3, 0.4) is 0 Å². The number of rotatable bonds is 4. The molecule has 0 aliphatic carbocycles. The number of benzene rings is 1. The van der Waals surface area contributed by atoms with Crippen LogP contribution in [0.15, 0.2) is 24.3 Å². The molecule has 5 heteroatoms. The number of para-hydroxylation sites is 2. The SMILES string of the molecule is CCN(C[C@@H]1COc2ccccc2O1)C(=O)CCl. The molecule has 0 bridgehead atoms. The van der Waals surface area contributed by atoms with Gasteiger partial charge in [0.25, 0.3) is 0 Å². The predicted octanol–water partition coefficient (Wildman–Crippen LogP) is 1.91. The van der Waals surface area contributed by atoms with Crippen LogP contribution in [0.4, 0.5) is 0 Å². The highest BCUT2D eigenvalue weighted by Crippen LogP contribution is 2.30. The van der Waals surface area contributed by atoms with Gasteiger partial charge in [0.05, 0.1) is 6.54 Å². The van der Waals surface area contributed by atoms with Gasteiger partial charge in [0.1, 0.15) is 12.5 Å². The first-order valence-electron chi connectivity index (χ1n) is 5.96. The molecule has 0 fully saturated rings. The van der Waals surface area contributed by atoms with Gasteiger partial charge in [0, 0.05) is 6.54 Å². The Bertz CT molecular complexity index is 424. The van der Waals surface area contributed by atoms with E-state index < -0.39 is 0 Å². The van der Waals surface area contributed by atoms with Gasteiger partial charge < -0.3 is 14.4 Å². The third-order valence-corrected chi connectivity index (χ3v) is 3.07. The van der Waals surface area contributed by atoms with E-state index in [2.05, 4.69) is 0 Å². The van der Waals surface area contributed by atoms with Crippen LogP contribution in [0.25, 0.3) is 0 Å². The molecule has 0 spiro atoms. The average molecular weight is 270 g/mol. The Hall–Kier alpha value is -1.42. The molecule has 0 N–H and O–H groups in total. The fourth-order valence-electron chi connectivity index (χ4n) is 1.89. The first-order chi connectivity index (χ1) is 8.74. The molecule has 98 valence electrons. The monoisotopic (exact) mass is 269 g/mol. The Morgan fingerprint density at radius 3 is 2.83 bits per heavy atom. The van der Waals surface area contributed by atoms with Crippen LogP contribution in [0, 0.1) is 0 Å². The average Bonchev–Trinajstić information content (AvgIpc) is 2.43. The smallest absolute Gasteiger partial charge is 0.237 e. The Morgan fingerprint density at radius 1 is 1.44 bits per heavy atom. The van der Waals surface area contributed by atoms with Crippen molar-refractivity contribution in [3.05, 3.63) is 24.3 Å². The number of ether oxygens (including phenoxy) is 2. The summed E-state index contributed by atoms with van der Waals surface area (Å²) in [5, 5.41) is 0. The first-order valence-corrected chi connectivity index (χ1v) is 6.50. The van der Waals surface area contributed by atoms with E-state index in [0.717, 1.165) is 11.5 Å². The maximum Gasteiger partial charge on any atom is 0.237 e. The second-order valence-corrected chi connectivity index (χ2v) is 4.33. The van der Waals surface area contributed by atoms with Crippen LogP contribution in [-0.2, 0) is 4.79 Å². The van der Waals surface area contributed by atoms with Gasteiger partial charge in [0.15, 0.2) is 17.6 Å². The van der Waals surface area contributed by atoms with Gasteiger partial charge in [-0.1, -0.05) is 12.1 Å². The highest BCUT2D eigenvalue weighted by atomic mass is 35.5. The van der Waals surface area contributed by atoms with Crippen molar-refractivity contribution in [1.29, 1.82) is 0 Å². The normalized spacial score (nSPS) is 17.3. The molecule has 0 unspecified atom stereocenters. The van der Waals surface area contributed by atoms with E-state index in [1.165, 1.54) is 0 Å². The van der Waals surface area contributed by atoms with Crippen molar-refractivity contribution >= 4 is 17.5 Å². The van der Waals surface area contributed by atoms with Gasteiger partial charge in [-0.15, -0.1) is 11.6 Å². The third kappa shape index (κ3) is 2.88. The van der Waals surface area contributed by atoms with Gasteiger partial charge >= 0.3 is 0 Å². The lowest BCUT2D eigenvalue weighted by molar-refractivity contribution is -0.129. The van der Waals surface area contributed by atoms with Gasteiger partial charge in [-0.3, -0.25) is 4.79 Å². The minimum atomic E-state index is -0.146. The molecular weight excluding hydrogens is 254 g/mol. The topological polar surface area (TPSA) is 38.8 Å². The molecule has 1 aromatic carbocycles. The number of alkyl halides is 1. The summed E-state index contributed by atoms with van der Waals surface area (Å²) in [7, 11) is 0. The van der Waals surface area contributed by atoms with E-state index in [-0.39, 0.29) is 17.9 Å². The molecule has 0 saturated carbocycles. The molecule has 1 heterocycles. The second kappa shape index (κ2) is 5.96. The van der Waals surface area contributed by atoms with Crippen molar-refractivity contribution < 1.29 is 14.3 Å². The maximum absolute atomic E-state index is 11.6. The van der Waals surface area contributed by atoms with Crippen molar-refractivity contribution in [2.24, 2.45) is 0 Å². The van der Waals surface area contributed by atoms with Crippen LogP contribution >= 0.6 is 11.6 Å². The fourth-order valence-corrected chi connectivity index (χ4v) is 2.06. The minimum absolute atomic E-state index is 0.00198. The van der Waals surface area contributed by atoms with Crippen molar-refractivity contribution in [3.8, 4) is 11.5 Å². The zero-order valence-corrected chi connectivity index (χ0v) is 11.0. The molecule has 0 saturated heterocycles. The largest absolute Gasteiger partial charge is 0.486 e. The molecule has 1 amide bonds. The molecule has 2 rings (SSSR count). The van der Waals surface area contributed by atoms with Crippen LogP contribution in [0.2, 0.25) is 0 Å². The highest BCUT2D eigenvalue weighted by Gasteiger charge is 2.24. The summed E-state index contributed by atoms with van der Waals surface area (Å²) in [6, 6.07) is 7.53. The van der Waals surface area contributed by atoms with Crippen LogP contribution < -0.4 is 9.47 Å². The Kier molecular flexibility index (Phi) is 4.31. The van der Waals surface area contributed by atoms with Crippen molar-refractivity contribution in [2.75, 3.05) is 25.6 Å². The molecule has 1 aliphatic rings. The summed E-state index contributed by atoms with van der Waals surface area (Å²) >= 11 is 5.56.